The molecule has 8 heteroatoms. The molecule has 0 N–H and O–H groups in total. The number of para-hydroxylation sites is 2. The summed E-state index contributed by atoms with van der Waals surface area (Å²) >= 11 is 10.9. The maximum absolute atomic E-state index is 11.8. The van der Waals surface area contributed by atoms with Crippen LogP contribution in [0, 0.1) is 10.1 Å². The van der Waals surface area contributed by atoms with E-state index in [-0.39, 0.29) is 22.7 Å². The quantitative estimate of drug-likeness (QED) is 0.358. The van der Waals surface area contributed by atoms with Crippen LogP contribution >= 0.6 is 30.6 Å². The molecule has 0 saturated carbocycles. The average Bonchev–Trinajstić information content (AvgIpc) is 2.29. The van der Waals surface area contributed by atoms with Gasteiger partial charge in [-0.15, -0.1) is 23.2 Å². The second-order valence-corrected chi connectivity index (χ2v) is 6.59. The number of nitro benzene ring substituents is 1. The van der Waals surface area contributed by atoms with E-state index in [1.54, 1.807) is 0 Å². The molecule has 0 amide bonds. The highest BCUT2D eigenvalue weighted by Gasteiger charge is 2.26. The summed E-state index contributed by atoms with van der Waals surface area (Å²) < 4.78 is 16.8. The van der Waals surface area contributed by atoms with Crippen molar-refractivity contribution in [2.24, 2.45) is 0 Å². The van der Waals surface area contributed by atoms with E-state index in [4.69, 9.17) is 27.7 Å². The second-order valence-electron chi connectivity index (χ2n) is 2.87. The van der Waals surface area contributed by atoms with E-state index in [1.165, 1.54) is 24.3 Å². The minimum atomic E-state index is -3.24. The van der Waals surface area contributed by atoms with Crippen LogP contribution in [-0.4, -0.2) is 16.2 Å². The molecule has 0 unspecified atom stereocenters. The predicted molar refractivity (Wildman–Crippen MR) is 62.8 cm³/mol. The molecule has 0 atom stereocenters. The lowest BCUT2D eigenvalue weighted by Gasteiger charge is -2.13. The Hall–Kier alpha value is -0.770. The maximum atomic E-state index is 11.8. The molecule has 0 aromatic heterocycles. The number of rotatable bonds is 5. The highest BCUT2D eigenvalue weighted by molar-refractivity contribution is 7.62. The van der Waals surface area contributed by atoms with Gasteiger partial charge in [0.05, 0.1) is 4.92 Å². The smallest absolute Gasteiger partial charge is 0.311 e. The van der Waals surface area contributed by atoms with Gasteiger partial charge in [-0.05, 0) is 6.07 Å². The minimum absolute atomic E-state index is 0.0860. The third-order valence-corrected chi connectivity index (χ3v) is 5.13. The van der Waals surface area contributed by atoms with Crippen molar-refractivity contribution in [3.05, 3.63) is 34.4 Å². The van der Waals surface area contributed by atoms with E-state index >= 15 is 0 Å². The van der Waals surface area contributed by atoms with Crippen LogP contribution in [0.25, 0.3) is 0 Å². The Morgan fingerprint density at radius 1 is 1.31 bits per heavy atom. The third-order valence-electron chi connectivity index (χ3n) is 1.69. The number of alkyl halides is 2. The van der Waals surface area contributed by atoms with Crippen LogP contribution in [0.15, 0.2) is 24.3 Å². The molecule has 0 aliphatic heterocycles. The largest absolute Gasteiger partial charge is 0.434 e. The van der Waals surface area contributed by atoms with Crippen LogP contribution in [0.3, 0.4) is 0 Å². The summed E-state index contributed by atoms with van der Waals surface area (Å²) in [4.78, 5) is 10.0. The van der Waals surface area contributed by atoms with Gasteiger partial charge in [-0.1, -0.05) is 12.1 Å². The first-order valence-corrected chi connectivity index (χ1v) is 7.22. The molecule has 0 bridgehead atoms. The van der Waals surface area contributed by atoms with Gasteiger partial charge in [0, 0.05) is 6.07 Å². The Bertz CT molecular complexity index is 432. The molecule has 0 radical (unpaired) electrons. The summed E-state index contributed by atoms with van der Waals surface area (Å²) in [5.74, 6) is -0.0860. The van der Waals surface area contributed by atoms with Gasteiger partial charge >= 0.3 is 5.69 Å². The molecule has 1 rings (SSSR count). The zero-order chi connectivity index (χ0) is 12.2. The first-order chi connectivity index (χ1) is 7.52. The van der Waals surface area contributed by atoms with Crippen LogP contribution in [0.5, 0.6) is 5.75 Å². The van der Waals surface area contributed by atoms with Gasteiger partial charge in [-0.2, -0.15) is 0 Å². The van der Waals surface area contributed by atoms with Crippen molar-refractivity contribution in [2.75, 3.05) is 11.2 Å². The summed E-state index contributed by atoms with van der Waals surface area (Å²) in [7, 11) is -3.24. The number of benzene rings is 1. The molecule has 0 saturated heterocycles. The molecule has 1 aromatic rings. The van der Waals surface area contributed by atoms with Crippen molar-refractivity contribution in [3.63, 3.8) is 0 Å². The van der Waals surface area contributed by atoms with Gasteiger partial charge in [0.25, 0.3) is 7.37 Å². The standard InChI is InChI=1S/C8H8Cl2NO4P/c9-5-16(14,6-10)15-8-4-2-1-3-7(8)11(12)13/h1-4H,5-6H2. The van der Waals surface area contributed by atoms with E-state index < -0.39 is 12.3 Å². The van der Waals surface area contributed by atoms with Crippen molar-refractivity contribution >= 4 is 36.3 Å². The zero-order valence-corrected chi connectivity index (χ0v) is 10.4. The lowest BCUT2D eigenvalue weighted by Crippen LogP contribution is -1.99. The molecule has 0 aliphatic rings. The Balaban J connectivity index is 3.06. The molecule has 0 aliphatic carbocycles. The second kappa shape index (κ2) is 5.53. The van der Waals surface area contributed by atoms with Crippen LogP contribution in [0.1, 0.15) is 0 Å². The van der Waals surface area contributed by atoms with Gasteiger partial charge in [-0.3, -0.25) is 14.7 Å². The lowest BCUT2D eigenvalue weighted by atomic mass is 10.3. The third kappa shape index (κ3) is 3.11. The normalized spacial score (nSPS) is 11.1. The monoisotopic (exact) mass is 283 g/mol. The average molecular weight is 284 g/mol. The van der Waals surface area contributed by atoms with Gasteiger partial charge < -0.3 is 4.52 Å². The molecule has 5 nitrogen and oxygen atoms in total. The van der Waals surface area contributed by atoms with Crippen LogP contribution in [0.4, 0.5) is 5.69 Å². The maximum Gasteiger partial charge on any atom is 0.311 e. The number of nitro groups is 1. The molecule has 16 heavy (non-hydrogen) atoms. The van der Waals surface area contributed by atoms with Gasteiger partial charge in [0.1, 0.15) is 11.2 Å². The van der Waals surface area contributed by atoms with E-state index in [2.05, 4.69) is 0 Å². The SMILES string of the molecule is O=[N+]([O-])c1ccccc1OP(=O)(CCl)CCl. The van der Waals surface area contributed by atoms with Crippen molar-refractivity contribution < 1.29 is 14.0 Å². The Labute approximate surface area is 102 Å². The summed E-state index contributed by atoms with van der Waals surface area (Å²) in [6.07, 6.45) is 0. The summed E-state index contributed by atoms with van der Waals surface area (Å²) in [6, 6.07) is 5.62. The van der Waals surface area contributed by atoms with E-state index in [1.807, 2.05) is 0 Å². The van der Waals surface area contributed by atoms with Gasteiger partial charge in [0.2, 0.25) is 5.75 Å². The lowest BCUT2D eigenvalue weighted by molar-refractivity contribution is -0.385. The summed E-state index contributed by atoms with van der Waals surface area (Å²) in [5.41, 5.74) is -0.844. The van der Waals surface area contributed by atoms with E-state index in [9.17, 15) is 14.7 Å². The van der Waals surface area contributed by atoms with E-state index in [0.29, 0.717) is 0 Å². The Morgan fingerprint density at radius 2 is 1.88 bits per heavy atom. The van der Waals surface area contributed by atoms with Crippen LogP contribution in [0.2, 0.25) is 0 Å². The number of nitrogens with zero attached hydrogens (tertiary/aromatic N) is 1. The topological polar surface area (TPSA) is 69.4 Å². The minimum Gasteiger partial charge on any atom is -0.434 e. The molecular weight excluding hydrogens is 276 g/mol. The zero-order valence-electron chi connectivity index (χ0n) is 8.01. The molecule has 0 spiro atoms. The summed E-state index contributed by atoms with van der Waals surface area (Å²) in [6.45, 7) is 0. The number of halogens is 2. The fraction of sp³-hybridized carbons (Fsp3) is 0.250. The van der Waals surface area contributed by atoms with Gasteiger partial charge in [-0.25, -0.2) is 0 Å². The highest BCUT2D eigenvalue weighted by Crippen LogP contribution is 2.50. The van der Waals surface area contributed by atoms with Crippen molar-refractivity contribution in [1.29, 1.82) is 0 Å². The molecule has 0 fully saturated rings. The molecule has 1 aromatic carbocycles. The van der Waals surface area contributed by atoms with Crippen LogP contribution in [-0.2, 0) is 4.57 Å². The van der Waals surface area contributed by atoms with Crippen LogP contribution < -0.4 is 4.52 Å². The number of hydrogen-bond acceptors (Lipinski definition) is 4. The van der Waals surface area contributed by atoms with Crippen molar-refractivity contribution in [2.45, 2.75) is 0 Å². The molecular formula is C8H8Cl2NO4P. The molecule has 0 heterocycles. The van der Waals surface area contributed by atoms with Crippen molar-refractivity contribution in [3.8, 4) is 5.75 Å². The predicted octanol–water partition coefficient (Wildman–Crippen LogP) is 3.64. The van der Waals surface area contributed by atoms with Gasteiger partial charge in [0.15, 0.2) is 0 Å². The first kappa shape index (κ1) is 13.3. The highest BCUT2D eigenvalue weighted by atomic mass is 35.5. The van der Waals surface area contributed by atoms with Crippen molar-refractivity contribution in [1.82, 2.24) is 0 Å². The fourth-order valence-electron chi connectivity index (χ4n) is 0.945. The molecule has 88 valence electrons. The fourth-order valence-corrected chi connectivity index (χ4v) is 2.68. The Kier molecular flexibility index (Phi) is 4.59. The summed E-state index contributed by atoms with van der Waals surface area (Å²) in [5, 5.41) is 10.7. The Morgan fingerprint density at radius 3 is 2.38 bits per heavy atom. The first-order valence-electron chi connectivity index (χ1n) is 4.15. The van der Waals surface area contributed by atoms with E-state index in [0.717, 1.165) is 0 Å². The number of hydrogen-bond donors (Lipinski definition) is 0.